The van der Waals surface area contributed by atoms with Gasteiger partial charge in [0.15, 0.2) is 11.5 Å². The normalized spacial score (nSPS) is 26.7. The lowest BCUT2D eigenvalue weighted by Gasteiger charge is -2.46. The van der Waals surface area contributed by atoms with Gasteiger partial charge in [-0.2, -0.15) is 0 Å². The zero-order valence-corrected chi connectivity index (χ0v) is 26.2. The summed E-state index contributed by atoms with van der Waals surface area (Å²) in [7, 11) is 6.20. The molecular formula is C38H39N3O3. The van der Waals surface area contributed by atoms with Crippen molar-refractivity contribution in [2.45, 2.75) is 45.9 Å². The fraction of sp³-hybridized carbons (Fsp3) is 0.368. The monoisotopic (exact) mass is 585 g/mol. The van der Waals surface area contributed by atoms with E-state index < -0.39 is 0 Å². The Kier molecular flexibility index (Phi) is 6.10. The third-order valence-electron chi connectivity index (χ3n) is 11.1. The number of aromatic nitrogens is 1. The average molecular weight is 586 g/mol. The van der Waals surface area contributed by atoms with E-state index in [0.29, 0.717) is 12.5 Å². The SMILES string of the molecule is C=C1c2c(OCc3ccccc3)noc2C(N(C)C)C2CC3Cc4cc5ccc(CNC)cc5c(C)c4C(=O)C3=C3C(C)C132. The maximum Gasteiger partial charge on any atom is 0.262 e. The number of allylic oxidation sites excluding steroid dienone is 3. The minimum atomic E-state index is -0.290. The highest BCUT2D eigenvalue weighted by Crippen LogP contribution is 2.79. The molecule has 8 rings (SSSR count). The fourth-order valence-electron chi connectivity index (χ4n) is 9.28. The van der Waals surface area contributed by atoms with Crippen LogP contribution in [0.3, 0.4) is 0 Å². The Morgan fingerprint density at radius 2 is 1.91 bits per heavy atom. The number of aryl methyl sites for hydroxylation is 1. The summed E-state index contributed by atoms with van der Waals surface area (Å²) in [6, 6.07) is 19.0. The van der Waals surface area contributed by atoms with Crippen molar-refractivity contribution >= 4 is 22.1 Å². The van der Waals surface area contributed by atoms with Crippen LogP contribution in [0.4, 0.5) is 0 Å². The molecule has 0 radical (unpaired) electrons. The van der Waals surface area contributed by atoms with Gasteiger partial charge in [-0.15, -0.1) is 0 Å². The first-order valence-electron chi connectivity index (χ1n) is 15.8. The van der Waals surface area contributed by atoms with Gasteiger partial charge in [0.05, 0.1) is 11.6 Å². The number of Topliss-reactive ketones (excluding diaryl/α,β-unsaturated/α-hetero) is 1. The summed E-state index contributed by atoms with van der Waals surface area (Å²) in [6.45, 7) is 10.4. The van der Waals surface area contributed by atoms with Crippen LogP contribution >= 0.6 is 0 Å². The number of hydrogen-bond donors (Lipinski definition) is 1. The van der Waals surface area contributed by atoms with E-state index in [2.05, 4.69) is 67.6 Å². The molecule has 6 nitrogen and oxygen atoms in total. The van der Waals surface area contributed by atoms with E-state index in [1.165, 1.54) is 27.5 Å². The molecule has 1 aromatic heterocycles. The minimum Gasteiger partial charge on any atom is -0.470 e. The topological polar surface area (TPSA) is 67.6 Å². The van der Waals surface area contributed by atoms with Crippen molar-refractivity contribution in [2.75, 3.05) is 21.1 Å². The van der Waals surface area contributed by atoms with Crippen LogP contribution in [0, 0.1) is 30.1 Å². The lowest BCUT2D eigenvalue weighted by Crippen LogP contribution is -2.42. The van der Waals surface area contributed by atoms with Gasteiger partial charge in [0.25, 0.3) is 5.88 Å². The number of rotatable bonds is 6. The van der Waals surface area contributed by atoms with Crippen LogP contribution in [0.2, 0.25) is 0 Å². The van der Waals surface area contributed by atoms with E-state index >= 15 is 0 Å². The molecule has 0 bridgehead atoms. The van der Waals surface area contributed by atoms with Gasteiger partial charge in [-0.1, -0.05) is 62.0 Å². The van der Waals surface area contributed by atoms with Crippen LogP contribution < -0.4 is 10.1 Å². The van der Waals surface area contributed by atoms with Crippen molar-refractivity contribution in [1.29, 1.82) is 0 Å². The Labute approximate surface area is 258 Å². The number of hydrogen-bond acceptors (Lipinski definition) is 6. The third-order valence-corrected chi connectivity index (χ3v) is 11.1. The smallest absolute Gasteiger partial charge is 0.262 e. The summed E-state index contributed by atoms with van der Waals surface area (Å²) < 4.78 is 12.4. The summed E-state index contributed by atoms with van der Waals surface area (Å²) in [5, 5.41) is 10.1. The van der Waals surface area contributed by atoms with E-state index in [-0.39, 0.29) is 35.0 Å². The van der Waals surface area contributed by atoms with E-state index in [1.807, 2.05) is 37.4 Å². The maximum absolute atomic E-state index is 14.7. The molecule has 1 heterocycles. The minimum absolute atomic E-state index is 0.0130. The number of nitrogens with zero attached hydrogens (tertiary/aromatic N) is 2. The lowest BCUT2D eigenvalue weighted by molar-refractivity contribution is 0.0915. The van der Waals surface area contributed by atoms with Crippen molar-refractivity contribution in [2.24, 2.45) is 23.2 Å². The summed E-state index contributed by atoms with van der Waals surface area (Å²) in [6.07, 6.45) is 1.80. The number of carbonyl (C=O) groups is 1. The van der Waals surface area contributed by atoms with Crippen molar-refractivity contribution in [3.63, 3.8) is 0 Å². The Morgan fingerprint density at radius 1 is 1.11 bits per heavy atom. The summed E-state index contributed by atoms with van der Waals surface area (Å²) in [5.41, 5.74) is 9.42. The summed E-state index contributed by atoms with van der Waals surface area (Å²) in [5.74, 6) is 2.20. The van der Waals surface area contributed by atoms with Crippen molar-refractivity contribution in [3.8, 4) is 5.88 Å². The largest absolute Gasteiger partial charge is 0.470 e. The van der Waals surface area contributed by atoms with Crippen molar-refractivity contribution in [1.82, 2.24) is 15.4 Å². The van der Waals surface area contributed by atoms with E-state index in [9.17, 15) is 4.79 Å². The molecule has 224 valence electrons. The fourth-order valence-corrected chi connectivity index (χ4v) is 9.28. The predicted octanol–water partition coefficient (Wildman–Crippen LogP) is 7.07. The van der Waals surface area contributed by atoms with Gasteiger partial charge in [0, 0.05) is 23.1 Å². The number of ketones is 1. The average Bonchev–Trinajstić information content (AvgIpc) is 3.41. The number of benzene rings is 3. The van der Waals surface area contributed by atoms with Gasteiger partial charge in [-0.3, -0.25) is 9.69 Å². The molecule has 0 aliphatic heterocycles. The van der Waals surface area contributed by atoms with Crippen LogP contribution in [0.15, 0.2) is 76.8 Å². The maximum atomic E-state index is 14.7. The third kappa shape index (κ3) is 3.61. The first-order valence-corrected chi connectivity index (χ1v) is 15.8. The van der Waals surface area contributed by atoms with Gasteiger partial charge >= 0.3 is 0 Å². The molecule has 1 saturated carbocycles. The number of ether oxygens (including phenoxy) is 1. The number of carbonyl (C=O) groups excluding carboxylic acids is 1. The zero-order chi connectivity index (χ0) is 30.5. The molecule has 1 fully saturated rings. The molecule has 1 N–H and O–H groups in total. The standard InChI is InChI=1S/C38H39N3O3/c1-20-28-14-24(18-39-4)12-13-25(28)15-26-16-27-17-29-34(41(5)6)36-31(37(40-44-36)43-19-23-10-8-7-9-11-23)21(2)38(29)22(3)33(38)32(27)35(42)30(20)26/h7-15,22,27,29,34,39H,2,16-19H2,1,3-6H3. The highest BCUT2D eigenvalue weighted by molar-refractivity contribution is 6.16. The van der Waals surface area contributed by atoms with Gasteiger partial charge in [0.2, 0.25) is 0 Å². The number of fused-ring (bicyclic) bond motifs is 4. The summed E-state index contributed by atoms with van der Waals surface area (Å²) in [4.78, 5) is 16.9. The van der Waals surface area contributed by atoms with Crippen LogP contribution in [-0.2, 0) is 19.6 Å². The Hall–Kier alpha value is -4.00. The molecule has 6 heteroatoms. The summed E-state index contributed by atoms with van der Waals surface area (Å²) >= 11 is 0. The van der Waals surface area contributed by atoms with Gasteiger partial charge < -0.3 is 14.6 Å². The molecule has 4 aromatic rings. The van der Waals surface area contributed by atoms with E-state index in [4.69, 9.17) is 15.8 Å². The highest BCUT2D eigenvalue weighted by Gasteiger charge is 2.72. The van der Waals surface area contributed by atoms with Crippen LogP contribution in [0.5, 0.6) is 5.88 Å². The van der Waals surface area contributed by atoms with Crippen molar-refractivity contribution in [3.05, 3.63) is 111 Å². The number of nitrogens with one attached hydrogen (secondary N) is 1. The second-order valence-corrected chi connectivity index (χ2v) is 13.5. The molecule has 0 saturated heterocycles. The van der Waals surface area contributed by atoms with Gasteiger partial charge in [-0.25, -0.2) is 0 Å². The molecule has 44 heavy (non-hydrogen) atoms. The van der Waals surface area contributed by atoms with Crippen LogP contribution in [0.1, 0.15) is 63.3 Å². The first kappa shape index (κ1) is 27.5. The van der Waals surface area contributed by atoms with E-state index in [1.54, 1.807) is 0 Å². The molecule has 1 spiro atoms. The zero-order valence-electron chi connectivity index (χ0n) is 26.2. The van der Waals surface area contributed by atoms with Gasteiger partial charge in [0.1, 0.15) is 6.61 Å². The Bertz CT molecular complexity index is 1900. The molecule has 5 unspecified atom stereocenters. The second-order valence-electron chi connectivity index (χ2n) is 13.5. The van der Waals surface area contributed by atoms with Crippen LogP contribution in [0.25, 0.3) is 16.3 Å². The Morgan fingerprint density at radius 3 is 2.66 bits per heavy atom. The van der Waals surface area contributed by atoms with E-state index in [0.717, 1.165) is 58.5 Å². The highest BCUT2D eigenvalue weighted by atomic mass is 16.5. The first-order chi connectivity index (χ1) is 21.3. The van der Waals surface area contributed by atoms with Crippen molar-refractivity contribution < 1.29 is 14.1 Å². The molecule has 5 atom stereocenters. The molecule has 0 amide bonds. The lowest BCUT2D eigenvalue weighted by atomic mass is 9.59. The Balaban J connectivity index is 1.24. The van der Waals surface area contributed by atoms with Crippen LogP contribution in [-0.4, -0.2) is 37.0 Å². The van der Waals surface area contributed by atoms with Gasteiger partial charge in [-0.05, 0) is 114 Å². The second kappa shape index (κ2) is 9.75. The molecular weight excluding hydrogens is 546 g/mol. The molecule has 4 aliphatic carbocycles. The quantitative estimate of drug-likeness (QED) is 0.261. The predicted molar refractivity (Wildman–Crippen MR) is 172 cm³/mol. The molecule has 3 aromatic carbocycles. The molecule has 4 aliphatic rings.